The van der Waals surface area contributed by atoms with Crippen LogP contribution in [-0.2, 0) is 28.0 Å². The first-order valence-corrected chi connectivity index (χ1v) is 16.9. The first-order valence-electron chi connectivity index (χ1n) is 16.9. The Bertz CT molecular complexity index is 1010. The summed E-state index contributed by atoms with van der Waals surface area (Å²) in [5.41, 5.74) is 3.36. The largest absolute Gasteiger partial charge is 0.493 e. The van der Waals surface area contributed by atoms with Gasteiger partial charge in [-0.25, -0.2) is 0 Å². The molecule has 0 N–H and O–H groups in total. The number of hydrogen-bond donors (Lipinski definition) is 0. The lowest BCUT2D eigenvalue weighted by Gasteiger charge is -2.25. The van der Waals surface area contributed by atoms with Gasteiger partial charge >= 0.3 is 5.97 Å². The molecule has 0 heterocycles. The van der Waals surface area contributed by atoms with E-state index in [9.17, 15) is 4.79 Å². The van der Waals surface area contributed by atoms with Crippen LogP contribution in [0.3, 0.4) is 0 Å². The van der Waals surface area contributed by atoms with Crippen LogP contribution in [0.25, 0.3) is 0 Å². The lowest BCUT2D eigenvalue weighted by molar-refractivity contribution is -0.145. The summed E-state index contributed by atoms with van der Waals surface area (Å²) >= 11 is 0. The normalized spacial score (nSPS) is 13.0. The summed E-state index contributed by atoms with van der Waals surface area (Å²) in [6.07, 6.45) is 12.4. The summed E-state index contributed by atoms with van der Waals surface area (Å²) in [6.45, 7) is 17.2. The Morgan fingerprint density at radius 2 is 1.31 bits per heavy atom. The smallest absolute Gasteiger partial charge is 0.306 e. The molecule has 0 spiro atoms. The molecule has 0 saturated heterocycles. The van der Waals surface area contributed by atoms with E-state index in [0.717, 1.165) is 61.3 Å². The number of benzene rings is 2. The van der Waals surface area contributed by atoms with E-state index in [1.54, 1.807) is 0 Å². The molecular weight excluding hydrogens is 520 g/mol. The van der Waals surface area contributed by atoms with Crippen molar-refractivity contribution >= 4 is 5.97 Å². The van der Waals surface area contributed by atoms with Crippen LogP contribution in [0.15, 0.2) is 42.5 Å². The Balaban J connectivity index is 2.12. The molecule has 4 heteroatoms. The third-order valence-electron chi connectivity index (χ3n) is 8.79. The van der Waals surface area contributed by atoms with Gasteiger partial charge in [-0.1, -0.05) is 117 Å². The van der Waals surface area contributed by atoms with Crippen LogP contribution < -0.4 is 9.47 Å². The van der Waals surface area contributed by atoms with Crippen LogP contribution in [0.2, 0.25) is 0 Å². The summed E-state index contributed by atoms with van der Waals surface area (Å²) < 4.78 is 18.7. The van der Waals surface area contributed by atoms with Crippen molar-refractivity contribution in [3.8, 4) is 11.5 Å². The van der Waals surface area contributed by atoms with Crippen molar-refractivity contribution in [1.82, 2.24) is 0 Å². The van der Waals surface area contributed by atoms with Gasteiger partial charge in [0.05, 0.1) is 13.2 Å². The van der Waals surface area contributed by atoms with E-state index in [2.05, 4.69) is 84.9 Å². The highest BCUT2D eigenvalue weighted by Crippen LogP contribution is 2.33. The number of carbonyl (C=O) groups is 1. The predicted molar refractivity (Wildman–Crippen MR) is 177 cm³/mol. The molecule has 0 aromatic heterocycles. The van der Waals surface area contributed by atoms with Gasteiger partial charge in [0.15, 0.2) is 0 Å². The SMILES string of the molecule is CCCCC(CC)COc1cc(COC(=O)CCCC(C)(C)c2ccccc2)c(OCC(CC)CCCC)cc1CC. The van der Waals surface area contributed by atoms with Gasteiger partial charge in [-0.3, -0.25) is 4.79 Å². The van der Waals surface area contributed by atoms with E-state index >= 15 is 0 Å². The van der Waals surface area contributed by atoms with E-state index in [4.69, 9.17) is 14.2 Å². The molecule has 2 aromatic carbocycles. The Labute approximate surface area is 257 Å². The van der Waals surface area contributed by atoms with Crippen molar-refractivity contribution in [3.05, 3.63) is 59.2 Å². The summed E-state index contributed by atoms with van der Waals surface area (Å²) in [5, 5.41) is 0. The van der Waals surface area contributed by atoms with Gasteiger partial charge in [0.2, 0.25) is 0 Å². The minimum absolute atomic E-state index is 0.0197. The summed E-state index contributed by atoms with van der Waals surface area (Å²) in [5.74, 6) is 2.64. The molecule has 0 amide bonds. The minimum atomic E-state index is -0.160. The van der Waals surface area contributed by atoms with E-state index < -0.39 is 0 Å². The number of esters is 1. The van der Waals surface area contributed by atoms with E-state index in [1.165, 1.54) is 44.1 Å². The Hall–Kier alpha value is -2.49. The zero-order valence-electron chi connectivity index (χ0n) is 27.9. The third kappa shape index (κ3) is 12.4. The highest BCUT2D eigenvalue weighted by atomic mass is 16.5. The second kappa shape index (κ2) is 19.7. The molecule has 236 valence electrons. The maximum absolute atomic E-state index is 12.8. The number of carbonyl (C=O) groups excluding carboxylic acids is 1. The Morgan fingerprint density at radius 1 is 0.762 bits per heavy atom. The summed E-state index contributed by atoms with van der Waals surface area (Å²) in [7, 11) is 0. The first kappa shape index (κ1) is 35.7. The fraction of sp³-hybridized carbons (Fsp3) is 0.658. The topological polar surface area (TPSA) is 44.8 Å². The van der Waals surface area contributed by atoms with Crippen molar-refractivity contribution in [1.29, 1.82) is 0 Å². The van der Waals surface area contributed by atoms with Crippen LogP contribution in [0.1, 0.15) is 136 Å². The number of unbranched alkanes of at least 4 members (excludes halogenated alkanes) is 2. The molecule has 0 aliphatic rings. The van der Waals surface area contributed by atoms with Gasteiger partial charge in [-0.2, -0.15) is 0 Å². The van der Waals surface area contributed by atoms with Crippen LogP contribution in [0, 0.1) is 11.8 Å². The van der Waals surface area contributed by atoms with E-state index in [-0.39, 0.29) is 18.0 Å². The molecule has 2 atom stereocenters. The van der Waals surface area contributed by atoms with Gasteiger partial charge < -0.3 is 14.2 Å². The van der Waals surface area contributed by atoms with Gasteiger partial charge in [0, 0.05) is 12.0 Å². The molecule has 2 aromatic rings. The maximum atomic E-state index is 12.8. The zero-order valence-corrected chi connectivity index (χ0v) is 27.9. The van der Waals surface area contributed by atoms with Gasteiger partial charge in [0.1, 0.15) is 18.1 Å². The molecule has 0 fully saturated rings. The minimum Gasteiger partial charge on any atom is -0.493 e. The molecule has 0 radical (unpaired) electrons. The number of hydrogen-bond acceptors (Lipinski definition) is 4. The molecule has 2 rings (SSSR count). The lowest BCUT2D eigenvalue weighted by atomic mass is 9.80. The highest BCUT2D eigenvalue weighted by Gasteiger charge is 2.21. The first-order chi connectivity index (χ1) is 20.3. The molecule has 0 aliphatic heterocycles. The summed E-state index contributed by atoms with van der Waals surface area (Å²) in [6, 6.07) is 14.7. The van der Waals surface area contributed by atoms with E-state index in [1.807, 2.05) is 6.07 Å². The van der Waals surface area contributed by atoms with Crippen molar-refractivity contribution in [2.75, 3.05) is 13.2 Å². The molecular formula is C38H60O4. The second-order valence-corrected chi connectivity index (χ2v) is 12.6. The van der Waals surface area contributed by atoms with Crippen molar-refractivity contribution < 1.29 is 19.0 Å². The molecule has 0 aliphatic carbocycles. The highest BCUT2D eigenvalue weighted by molar-refractivity contribution is 5.69. The molecule has 0 bridgehead atoms. The second-order valence-electron chi connectivity index (χ2n) is 12.6. The van der Waals surface area contributed by atoms with Crippen LogP contribution in [0.4, 0.5) is 0 Å². The monoisotopic (exact) mass is 580 g/mol. The van der Waals surface area contributed by atoms with Crippen molar-refractivity contribution in [2.24, 2.45) is 11.8 Å². The quantitative estimate of drug-likeness (QED) is 0.130. The Kier molecular flexibility index (Phi) is 16.7. The molecule has 0 saturated carbocycles. The fourth-order valence-electron chi connectivity index (χ4n) is 5.45. The lowest BCUT2D eigenvalue weighted by Crippen LogP contribution is -2.18. The average Bonchev–Trinajstić information content (AvgIpc) is 3.00. The van der Waals surface area contributed by atoms with Crippen molar-refractivity contribution in [3.63, 3.8) is 0 Å². The number of aryl methyl sites for hydroxylation is 1. The summed E-state index contributed by atoms with van der Waals surface area (Å²) in [4.78, 5) is 12.8. The molecule has 42 heavy (non-hydrogen) atoms. The third-order valence-corrected chi connectivity index (χ3v) is 8.79. The van der Waals surface area contributed by atoms with Crippen LogP contribution in [-0.4, -0.2) is 19.2 Å². The van der Waals surface area contributed by atoms with Gasteiger partial charge in [-0.05, 0) is 72.6 Å². The van der Waals surface area contributed by atoms with Crippen LogP contribution in [0.5, 0.6) is 11.5 Å². The van der Waals surface area contributed by atoms with Gasteiger partial charge in [0.25, 0.3) is 0 Å². The number of rotatable bonds is 22. The zero-order chi connectivity index (χ0) is 30.8. The standard InChI is InChI=1S/C38H60O4/c1-8-13-19-30(10-3)27-40-35-26-33(36(25-32(35)12-5)41-28-31(11-4)20-14-9-2)29-42-37(39)23-18-24-38(6,7)34-21-16-15-17-22-34/h15-17,21-22,25-26,30-31H,8-14,18-20,23-24,27-29H2,1-7H3. The molecule has 2 unspecified atom stereocenters. The number of ether oxygens (including phenoxy) is 3. The fourth-order valence-corrected chi connectivity index (χ4v) is 5.45. The van der Waals surface area contributed by atoms with Crippen molar-refractivity contribution in [2.45, 2.75) is 138 Å². The Morgan fingerprint density at radius 3 is 1.83 bits per heavy atom. The average molecular weight is 581 g/mol. The van der Waals surface area contributed by atoms with Crippen LogP contribution >= 0.6 is 0 Å². The predicted octanol–water partition coefficient (Wildman–Crippen LogP) is 10.6. The molecule has 4 nitrogen and oxygen atoms in total. The van der Waals surface area contributed by atoms with Gasteiger partial charge in [-0.15, -0.1) is 0 Å². The maximum Gasteiger partial charge on any atom is 0.306 e. The van der Waals surface area contributed by atoms with E-state index in [0.29, 0.717) is 24.9 Å².